The number of halogens is 1. The van der Waals surface area contributed by atoms with E-state index in [4.69, 9.17) is 11.6 Å². The molecule has 0 saturated carbocycles. The van der Waals surface area contributed by atoms with Crippen molar-refractivity contribution in [2.45, 2.75) is 26.3 Å². The van der Waals surface area contributed by atoms with Crippen LogP contribution in [0, 0.1) is 5.92 Å². The Morgan fingerprint density at radius 2 is 2.35 bits per heavy atom. The van der Waals surface area contributed by atoms with Crippen molar-refractivity contribution in [1.82, 2.24) is 20.2 Å². The summed E-state index contributed by atoms with van der Waals surface area (Å²) in [6.45, 7) is 2.87. The fourth-order valence-corrected chi connectivity index (χ4v) is 1.84. The molecule has 2 rings (SSSR count). The first-order valence-electron chi connectivity index (χ1n) is 5.39. The second-order valence-corrected chi connectivity index (χ2v) is 4.27. The summed E-state index contributed by atoms with van der Waals surface area (Å²) in [6, 6.07) is 0. The summed E-state index contributed by atoms with van der Waals surface area (Å²) in [4.78, 5) is 25.4. The highest BCUT2D eigenvalue weighted by Crippen LogP contribution is 2.23. The van der Waals surface area contributed by atoms with Gasteiger partial charge in [-0.2, -0.15) is 4.80 Å². The maximum atomic E-state index is 11.7. The lowest BCUT2D eigenvalue weighted by Gasteiger charge is -2.09. The quantitative estimate of drug-likeness (QED) is 0.720. The minimum absolute atomic E-state index is 0.116. The molecule has 0 radical (unpaired) electrons. The van der Waals surface area contributed by atoms with Crippen LogP contribution in [-0.2, 0) is 16.1 Å². The molecule has 0 unspecified atom stereocenters. The third-order valence-electron chi connectivity index (χ3n) is 2.55. The highest BCUT2D eigenvalue weighted by molar-refractivity contribution is 6.64. The van der Waals surface area contributed by atoms with Gasteiger partial charge in [0.25, 0.3) is 5.95 Å². The predicted molar refractivity (Wildman–Crippen MR) is 59.4 cm³/mol. The van der Waals surface area contributed by atoms with Crippen LogP contribution < -0.4 is 4.90 Å². The fraction of sp³-hybridized carbons (Fsp3) is 0.667. The molecule has 1 aliphatic heterocycles. The van der Waals surface area contributed by atoms with Crippen LogP contribution in [0.4, 0.5) is 5.95 Å². The minimum atomic E-state index is -0.498. The lowest BCUT2D eigenvalue weighted by atomic mass is 10.1. The first-order valence-corrected chi connectivity index (χ1v) is 5.77. The topological polar surface area (TPSA) is 81.0 Å². The Hall–Kier alpha value is -1.50. The number of amides is 1. The summed E-state index contributed by atoms with van der Waals surface area (Å²) >= 11 is 5.38. The van der Waals surface area contributed by atoms with E-state index in [0.717, 1.165) is 6.42 Å². The molecule has 8 heteroatoms. The highest BCUT2D eigenvalue weighted by Gasteiger charge is 2.36. The first-order chi connectivity index (χ1) is 8.11. The lowest BCUT2D eigenvalue weighted by Crippen LogP contribution is -2.26. The van der Waals surface area contributed by atoms with Crippen molar-refractivity contribution < 1.29 is 9.59 Å². The summed E-state index contributed by atoms with van der Waals surface area (Å²) < 4.78 is 0. The van der Waals surface area contributed by atoms with Gasteiger partial charge in [0.1, 0.15) is 0 Å². The van der Waals surface area contributed by atoms with E-state index in [1.54, 1.807) is 0 Å². The van der Waals surface area contributed by atoms with Gasteiger partial charge in [-0.05, 0) is 23.2 Å². The molecule has 1 fully saturated rings. The smallest absolute Gasteiger partial charge is 0.272 e. The van der Waals surface area contributed by atoms with Crippen LogP contribution in [0.25, 0.3) is 0 Å². The monoisotopic (exact) mass is 257 g/mol. The van der Waals surface area contributed by atoms with Crippen molar-refractivity contribution in [2.75, 3.05) is 11.4 Å². The van der Waals surface area contributed by atoms with Crippen molar-refractivity contribution in [3.05, 3.63) is 0 Å². The first kappa shape index (κ1) is 12.0. The number of aromatic nitrogens is 4. The van der Waals surface area contributed by atoms with Crippen LogP contribution in [0.1, 0.15) is 19.8 Å². The van der Waals surface area contributed by atoms with Crippen LogP contribution in [-0.4, -0.2) is 37.9 Å². The van der Waals surface area contributed by atoms with Crippen LogP contribution in [0.3, 0.4) is 0 Å². The van der Waals surface area contributed by atoms with Crippen LogP contribution in [0.2, 0.25) is 0 Å². The van der Waals surface area contributed by atoms with Gasteiger partial charge in [0.2, 0.25) is 11.1 Å². The van der Waals surface area contributed by atoms with Gasteiger partial charge >= 0.3 is 0 Å². The van der Waals surface area contributed by atoms with Crippen molar-refractivity contribution in [1.29, 1.82) is 0 Å². The van der Waals surface area contributed by atoms with Gasteiger partial charge in [0.05, 0.1) is 12.5 Å². The molecule has 0 spiro atoms. The van der Waals surface area contributed by atoms with Crippen molar-refractivity contribution in [3.63, 3.8) is 0 Å². The Labute approximate surface area is 103 Å². The number of nitrogens with zero attached hydrogens (tertiary/aromatic N) is 5. The molecule has 0 aliphatic carbocycles. The number of tetrazole rings is 1. The molecule has 0 bridgehead atoms. The third-order valence-corrected chi connectivity index (χ3v) is 2.86. The molecule has 92 valence electrons. The van der Waals surface area contributed by atoms with Gasteiger partial charge in [-0.25, -0.2) is 0 Å². The van der Waals surface area contributed by atoms with E-state index < -0.39 is 11.2 Å². The average molecular weight is 258 g/mol. The van der Waals surface area contributed by atoms with E-state index >= 15 is 0 Å². The predicted octanol–water partition coefficient (Wildman–Crippen LogP) is 0.201. The van der Waals surface area contributed by atoms with E-state index in [9.17, 15) is 9.59 Å². The zero-order chi connectivity index (χ0) is 12.4. The number of carbonyl (C=O) groups is 2. The second-order valence-electron chi connectivity index (χ2n) is 3.89. The van der Waals surface area contributed by atoms with Crippen molar-refractivity contribution in [3.8, 4) is 0 Å². The van der Waals surface area contributed by atoms with Gasteiger partial charge in [0, 0.05) is 13.0 Å². The zero-order valence-electron chi connectivity index (χ0n) is 9.34. The molecular weight excluding hydrogens is 246 g/mol. The number of aryl methyl sites for hydroxylation is 1. The van der Waals surface area contributed by atoms with Crippen LogP contribution >= 0.6 is 11.6 Å². The van der Waals surface area contributed by atoms with Gasteiger partial charge < -0.3 is 0 Å². The molecule has 1 aliphatic rings. The third kappa shape index (κ3) is 2.44. The Morgan fingerprint density at radius 1 is 1.59 bits per heavy atom. The molecule has 2 heterocycles. The molecule has 17 heavy (non-hydrogen) atoms. The van der Waals surface area contributed by atoms with Crippen LogP contribution in [0.15, 0.2) is 0 Å². The van der Waals surface area contributed by atoms with Gasteiger partial charge in [-0.15, -0.1) is 5.10 Å². The molecule has 1 amide bonds. The Kier molecular flexibility index (Phi) is 3.37. The molecule has 1 atom stereocenters. The Morgan fingerprint density at radius 3 is 2.94 bits per heavy atom. The summed E-state index contributed by atoms with van der Waals surface area (Å²) in [5.41, 5.74) is 0. The number of hydrogen-bond acceptors (Lipinski definition) is 5. The molecule has 0 aromatic carbocycles. The summed E-state index contributed by atoms with van der Waals surface area (Å²) in [5.74, 6) is -0.425. The van der Waals surface area contributed by atoms with Gasteiger partial charge in [-0.1, -0.05) is 12.0 Å². The minimum Gasteiger partial charge on any atom is -0.281 e. The van der Waals surface area contributed by atoms with E-state index in [1.807, 2.05) is 6.92 Å². The summed E-state index contributed by atoms with van der Waals surface area (Å²) in [6.07, 6.45) is 0.997. The van der Waals surface area contributed by atoms with E-state index in [0.29, 0.717) is 6.54 Å². The van der Waals surface area contributed by atoms with Crippen molar-refractivity contribution >= 4 is 28.7 Å². The summed E-state index contributed by atoms with van der Waals surface area (Å²) in [5, 5.41) is 11.2. The average Bonchev–Trinajstić information content (AvgIpc) is 2.85. The Bertz CT molecular complexity index is 446. The van der Waals surface area contributed by atoms with E-state index in [2.05, 4.69) is 15.4 Å². The fourth-order valence-electron chi connectivity index (χ4n) is 1.69. The highest BCUT2D eigenvalue weighted by atomic mass is 35.5. The number of rotatable bonds is 4. The lowest BCUT2D eigenvalue weighted by molar-refractivity contribution is -0.120. The molecule has 7 nitrogen and oxygen atoms in total. The number of hydrogen-bond donors (Lipinski definition) is 0. The molecule has 1 aromatic rings. The molecule has 0 N–H and O–H groups in total. The largest absolute Gasteiger partial charge is 0.281 e. The maximum Gasteiger partial charge on any atom is 0.272 e. The van der Waals surface area contributed by atoms with Gasteiger partial charge in [0.15, 0.2) is 0 Å². The van der Waals surface area contributed by atoms with E-state index in [-0.39, 0.29) is 24.8 Å². The normalized spacial score (nSPS) is 20.0. The number of anilines is 1. The van der Waals surface area contributed by atoms with Gasteiger partial charge in [-0.3, -0.25) is 14.5 Å². The molecule has 1 aromatic heterocycles. The molecule has 1 saturated heterocycles. The zero-order valence-corrected chi connectivity index (χ0v) is 10.1. The maximum absolute atomic E-state index is 11.7. The van der Waals surface area contributed by atoms with E-state index in [1.165, 1.54) is 9.70 Å². The van der Waals surface area contributed by atoms with Crippen molar-refractivity contribution in [2.24, 2.45) is 5.92 Å². The Balaban J connectivity index is 2.11. The number of carbonyl (C=O) groups excluding carboxylic acids is 2. The van der Waals surface area contributed by atoms with Crippen LogP contribution in [0.5, 0.6) is 0 Å². The summed E-state index contributed by atoms with van der Waals surface area (Å²) in [7, 11) is 0. The second kappa shape index (κ2) is 4.79. The SMILES string of the molecule is CCCn1nnc(N2C[C@H](C(=O)Cl)CC2=O)n1. The standard InChI is InChI=1S/C9H12ClN5O2/c1-2-3-15-12-9(11-13-15)14-5-6(8(10)17)4-7(14)16/h6H,2-5H2,1H3/t6-/m1/s1. The molecular formula is C9H12ClN5O2.